The molecule has 1 aromatic carbocycles. The molecule has 0 N–H and O–H groups in total. The molecule has 30 heavy (non-hydrogen) atoms. The highest BCUT2D eigenvalue weighted by molar-refractivity contribution is 6.76. The summed E-state index contributed by atoms with van der Waals surface area (Å²) in [6.07, 6.45) is 1.40. The lowest BCUT2D eigenvalue weighted by Crippen LogP contribution is -2.22. The Morgan fingerprint density at radius 3 is 2.50 bits per heavy atom. The average molecular weight is 451 g/mol. The van der Waals surface area contributed by atoms with Crippen LogP contribution in [0.3, 0.4) is 0 Å². The fraction of sp³-hybridized carbons (Fsp3) is 0.429. The largest absolute Gasteiger partial charge is 0.497 e. The van der Waals surface area contributed by atoms with Crippen LogP contribution in [0.1, 0.15) is 5.56 Å². The number of ether oxygens (including phenoxy) is 2. The molecule has 162 valence electrons. The van der Waals surface area contributed by atoms with Gasteiger partial charge in [-0.05, 0) is 35.3 Å². The van der Waals surface area contributed by atoms with Crippen LogP contribution in [0.25, 0.3) is 11.0 Å². The second kappa shape index (κ2) is 9.32. The first-order valence-corrected chi connectivity index (χ1v) is 13.9. The van der Waals surface area contributed by atoms with Gasteiger partial charge in [0.2, 0.25) is 5.28 Å². The smallest absolute Gasteiger partial charge is 0.226 e. The van der Waals surface area contributed by atoms with Gasteiger partial charge in [0.25, 0.3) is 0 Å². The molecule has 3 rings (SSSR count). The molecule has 0 radical (unpaired) electrons. The van der Waals surface area contributed by atoms with Gasteiger partial charge >= 0.3 is 0 Å². The van der Waals surface area contributed by atoms with Gasteiger partial charge in [-0.15, -0.1) is 0 Å². The molecule has 0 saturated heterocycles. The summed E-state index contributed by atoms with van der Waals surface area (Å²) in [6, 6.07) is 8.74. The third kappa shape index (κ3) is 5.50. The van der Waals surface area contributed by atoms with Gasteiger partial charge in [0.15, 0.2) is 11.5 Å². The van der Waals surface area contributed by atoms with Crippen molar-refractivity contribution in [3.63, 3.8) is 0 Å². The van der Waals surface area contributed by atoms with Gasteiger partial charge in [-0.1, -0.05) is 31.8 Å². The molecule has 0 aliphatic heterocycles. The second-order valence-corrected chi connectivity index (χ2v) is 14.5. The molecule has 6 nitrogen and oxygen atoms in total. The van der Waals surface area contributed by atoms with Crippen LogP contribution in [0, 0.1) is 5.82 Å². The summed E-state index contributed by atoms with van der Waals surface area (Å²) in [4.78, 5) is 10.4. The molecule has 2 heterocycles. The van der Waals surface area contributed by atoms with Crippen molar-refractivity contribution < 1.29 is 13.9 Å². The van der Waals surface area contributed by atoms with Gasteiger partial charge < -0.3 is 18.9 Å². The number of fused-ring (bicyclic) bond motifs is 1. The summed E-state index contributed by atoms with van der Waals surface area (Å²) in [5, 5.41) is 0.407. The molecule has 0 fully saturated rings. The van der Waals surface area contributed by atoms with Gasteiger partial charge in [0, 0.05) is 34.5 Å². The van der Waals surface area contributed by atoms with Crippen LogP contribution in [0.5, 0.6) is 5.75 Å². The molecule has 9 heteroatoms. The van der Waals surface area contributed by atoms with Crippen LogP contribution in [0.4, 0.5) is 10.2 Å². The molecule has 0 unspecified atom stereocenters. The maximum Gasteiger partial charge on any atom is 0.226 e. The lowest BCUT2D eigenvalue weighted by atomic mass is 10.2. The van der Waals surface area contributed by atoms with Crippen molar-refractivity contribution in [1.29, 1.82) is 0 Å². The molecule has 3 aromatic rings. The zero-order valence-corrected chi connectivity index (χ0v) is 19.8. The van der Waals surface area contributed by atoms with Gasteiger partial charge in [-0.2, -0.15) is 9.97 Å². The van der Waals surface area contributed by atoms with Crippen LogP contribution >= 0.6 is 11.6 Å². The normalized spacial score (nSPS) is 11.8. The lowest BCUT2D eigenvalue weighted by molar-refractivity contribution is 0.0895. The molecular weight excluding hydrogens is 423 g/mol. The van der Waals surface area contributed by atoms with Crippen LogP contribution < -0.4 is 9.64 Å². The zero-order chi connectivity index (χ0) is 21.9. The van der Waals surface area contributed by atoms with Crippen LogP contribution in [-0.2, 0) is 18.0 Å². The van der Waals surface area contributed by atoms with E-state index >= 15 is 0 Å². The summed E-state index contributed by atoms with van der Waals surface area (Å²) in [5.41, 5.74) is 1.47. The van der Waals surface area contributed by atoms with Crippen molar-refractivity contribution in [2.24, 2.45) is 0 Å². The Hall–Kier alpha value is -2.16. The van der Waals surface area contributed by atoms with E-state index in [9.17, 15) is 4.39 Å². The Morgan fingerprint density at radius 2 is 1.87 bits per heavy atom. The van der Waals surface area contributed by atoms with E-state index in [0.29, 0.717) is 30.0 Å². The Morgan fingerprint density at radius 1 is 1.17 bits per heavy atom. The maximum atomic E-state index is 14.9. The first kappa shape index (κ1) is 22.5. The van der Waals surface area contributed by atoms with E-state index in [-0.39, 0.29) is 12.0 Å². The maximum absolute atomic E-state index is 14.9. The molecule has 0 atom stereocenters. The van der Waals surface area contributed by atoms with Crippen molar-refractivity contribution in [2.45, 2.75) is 39.0 Å². The number of halogens is 2. The van der Waals surface area contributed by atoms with Crippen molar-refractivity contribution in [3.8, 4) is 5.75 Å². The van der Waals surface area contributed by atoms with Crippen LogP contribution in [0.2, 0.25) is 31.0 Å². The molecule has 0 bridgehead atoms. The van der Waals surface area contributed by atoms with E-state index in [0.717, 1.165) is 17.4 Å². The molecule has 0 aliphatic rings. The first-order chi connectivity index (χ1) is 14.2. The molecule has 0 saturated carbocycles. The minimum atomic E-state index is -1.19. The predicted molar refractivity (Wildman–Crippen MR) is 122 cm³/mol. The van der Waals surface area contributed by atoms with E-state index in [1.54, 1.807) is 11.7 Å². The monoisotopic (exact) mass is 450 g/mol. The fourth-order valence-electron chi connectivity index (χ4n) is 3.09. The topological polar surface area (TPSA) is 52.4 Å². The van der Waals surface area contributed by atoms with Gasteiger partial charge in [-0.3, -0.25) is 0 Å². The predicted octanol–water partition coefficient (Wildman–Crippen LogP) is 5.18. The molecule has 0 spiro atoms. The van der Waals surface area contributed by atoms with E-state index in [2.05, 4.69) is 29.6 Å². The van der Waals surface area contributed by atoms with Gasteiger partial charge in [0.05, 0.1) is 12.5 Å². The molecular formula is C21H28ClFN4O2Si. The minimum Gasteiger partial charge on any atom is -0.497 e. The number of hydrogen-bond acceptors (Lipinski definition) is 5. The van der Waals surface area contributed by atoms with Crippen molar-refractivity contribution in [3.05, 3.63) is 47.1 Å². The SMILES string of the molecule is COc1ccc(CN(C)c2nc(Cl)nc3c2c(F)cn3COCC[Si](C)(C)C)cc1. The Kier molecular flexibility index (Phi) is 7.00. The number of anilines is 1. The van der Waals surface area contributed by atoms with Crippen molar-refractivity contribution in [1.82, 2.24) is 14.5 Å². The number of nitrogens with zero attached hydrogens (tertiary/aromatic N) is 4. The van der Waals surface area contributed by atoms with Crippen molar-refractivity contribution >= 4 is 36.5 Å². The number of rotatable bonds is 9. The quantitative estimate of drug-likeness (QED) is 0.255. The minimum absolute atomic E-state index is 0.0699. The summed E-state index contributed by atoms with van der Waals surface area (Å²) in [5.74, 6) is 0.831. The number of methoxy groups -OCH3 is 1. The standard InChI is InChI=1S/C21H28ClFN4O2Si/c1-26(12-15-6-8-16(28-2)9-7-15)19-18-17(23)13-27(20(18)25-21(22)24-19)14-29-10-11-30(3,4)5/h6-9,13H,10-12,14H2,1-5H3. The Bertz CT molecular complexity index is 1000. The van der Waals surface area contributed by atoms with Gasteiger partial charge in [-0.25, -0.2) is 4.39 Å². The molecule has 0 aliphatic carbocycles. The summed E-state index contributed by atoms with van der Waals surface area (Å²) < 4.78 is 27.5. The Balaban J connectivity index is 1.83. The summed E-state index contributed by atoms with van der Waals surface area (Å²) in [7, 11) is 2.29. The molecule has 0 amide bonds. The van der Waals surface area contributed by atoms with E-state index in [1.807, 2.05) is 36.2 Å². The number of benzene rings is 1. The summed E-state index contributed by atoms with van der Waals surface area (Å²) in [6.45, 7) is 8.26. The highest BCUT2D eigenvalue weighted by atomic mass is 35.5. The second-order valence-electron chi connectivity index (χ2n) is 8.51. The third-order valence-corrected chi connectivity index (χ3v) is 6.66. The Labute approximate surface area is 182 Å². The average Bonchev–Trinajstić information content (AvgIpc) is 3.00. The van der Waals surface area contributed by atoms with E-state index in [4.69, 9.17) is 21.1 Å². The van der Waals surface area contributed by atoms with Crippen molar-refractivity contribution in [2.75, 3.05) is 25.7 Å². The zero-order valence-electron chi connectivity index (χ0n) is 18.1. The number of aromatic nitrogens is 3. The fourth-order valence-corrected chi connectivity index (χ4v) is 4.01. The highest BCUT2D eigenvalue weighted by Crippen LogP contribution is 2.30. The first-order valence-electron chi connectivity index (χ1n) is 9.81. The van der Waals surface area contributed by atoms with E-state index in [1.165, 1.54) is 6.20 Å². The highest BCUT2D eigenvalue weighted by Gasteiger charge is 2.20. The lowest BCUT2D eigenvalue weighted by Gasteiger charge is -2.19. The van der Waals surface area contributed by atoms with Crippen LogP contribution in [0.15, 0.2) is 30.5 Å². The summed E-state index contributed by atoms with van der Waals surface area (Å²) >= 11 is 6.18. The van der Waals surface area contributed by atoms with Crippen LogP contribution in [-0.4, -0.2) is 43.4 Å². The molecule has 2 aromatic heterocycles. The third-order valence-electron chi connectivity index (χ3n) is 4.79. The number of hydrogen-bond donors (Lipinski definition) is 0. The van der Waals surface area contributed by atoms with E-state index < -0.39 is 13.9 Å². The van der Waals surface area contributed by atoms with Gasteiger partial charge in [0.1, 0.15) is 18.3 Å².